The van der Waals surface area contributed by atoms with Crippen LogP contribution in [0.4, 0.5) is 13.2 Å². The Labute approximate surface area is 154 Å². The topological polar surface area (TPSA) is 0 Å². The van der Waals surface area contributed by atoms with Crippen molar-refractivity contribution in [1.82, 2.24) is 0 Å². The van der Waals surface area contributed by atoms with E-state index in [0.717, 1.165) is 37.2 Å². The number of rotatable bonds is 6. The molecule has 0 radical (unpaired) electrons. The zero-order valence-electron chi connectivity index (χ0n) is 15.4. The summed E-state index contributed by atoms with van der Waals surface area (Å²) >= 11 is 0. The molecule has 140 valence electrons. The SMILES string of the molecule is CCCCCC1CCC(c2cc(F)c(-c3cccc(F)c3)c(F)c2)CC1. The van der Waals surface area contributed by atoms with Gasteiger partial charge in [-0.25, -0.2) is 13.2 Å². The van der Waals surface area contributed by atoms with Gasteiger partial charge in [-0.3, -0.25) is 0 Å². The largest absolute Gasteiger partial charge is 0.207 e. The Hall–Kier alpha value is -1.77. The van der Waals surface area contributed by atoms with E-state index in [0.29, 0.717) is 0 Å². The lowest BCUT2D eigenvalue weighted by Gasteiger charge is -2.29. The molecule has 26 heavy (non-hydrogen) atoms. The van der Waals surface area contributed by atoms with Gasteiger partial charge < -0.3 is 0 Å². The van der Waals surface area contributed by atoms with Gasteiger partial charge in [0.25, 0.3) is 0 Å². The Morgan fingerprint density at radius 3 is 2.19 bits per heavy atom. The number of hydrogen-bond donors (Lipinski definition) is 0. The van der Waals surface area contributed by atoms with Gasteiger partial charge in [0.1, 0.15) is 17.5 Å². The summed E-state index contributed by atoms with van der Waals surface area (Å²) in [6.07, 6.45) is 9.37. The van der Waals surface area contributed by atoms with Gasteiger partial charge in [-0.2, -0.15) is 0 Å². The molecule has 1 saturated carbocycles. The molecule has 0 aliphatic heterocycles. The Balaban J connectivity index is 1.71. The smallest absolute Gasteiger partial charge is 0.134 e. The van der Waals surface area contributed by atoms with E-state index in [1.54, 1.807) is 0 Å². The first-order valence-electron chi connectivity index (χ1n) is 9.83. The lowest BCUT2D eigenvalue weighted by atomic mass is 9.77. The molecule has 2 aromatic carbocycles. The predicted octanol–water partition coefficient (Wildman–Crippen LogP) is 7.63. The molecule has 0 aromatic heterocycles. The molecule has 1 fully saturated rings. The van der Waals surface area contributed by atoms with E-state index in [1.807, 2.05) is 0 Å². The third-order valence-electron chi connectivity index (χ3n) is 5.71. The van der Waals surface area contributed by atoms with E-state index >= 15 is 0 Å². The fourth-order valence-corrected chi connectivity index (χ4v) is 4.22. The van der Waals surface area contributed by atoms with Gasteiger partial charge in [-0.1, -0.05) is 44.7 Å². The van der Waals surface area contributed by atoms with Gasteiger partial charge in [-0.15, -0.1) is 0 Å². The van der Waals surface area contributed by atoms with E-state index < -0.39 is 17.5 Å². The van der Waals surface area contributed by atoms with E-state index in [2.05, 4.69) is 6.92 Å². The summed E-state index contributed by atoms with van der Waals surface area (Å²) in [5.41, 5.74) is 0.847. The molecule has 1 aliphatic carbocycles. The normalized spacial score (nSPS) is 20.3. The van der Waals surface area contributed by atoms with Crippen molar-refractivity contribution >= 4 is 0 Å². The highest BCUT2D eigenvalue weighted by Crippen LogP contribution is 2.39. The van der Waals surface area contributed by atoms with Crippen LogP contribution in [-0.2, 0) is 0 Å². The molecule has 0 saturated heterocycles. The minimum atomic E-state index is -0.601. The van der Waals surface area contributed by atoms with Gasteiger partial charge in [0.05, 0.1) is 5.56 Å². The van der Waals surface area contributed by atoms with Crippen molar-refractivity contribution in [3.8, 4) is 11.1 Å². The molecule has 0 spiro atoms. The van der Waals surface area contributed by atoms with Gasteiger partial charge in [-0.05, 0) is 72.9 Å². The zero-order valence-corrected chi connectivity index (χ0v) is 15.4. The Bertz CT molecular complexity index is 707. The van der Waals surface area contributed by atoms with E-state index in [-0.39, 0.29) is 17.0 Å². The molecular weight excluding hydrogens is 333 g/mol. The third kappa shape index (κ3) is 4.49. The molecule has 0 unspecified atom stereocenters. The average molecular weight is 360 g/mol. The van der Waals surface area contributed by atoms with Crippen LogP contribution in [0.3, 0.4) is 0 Å². The summed E-state index contributed by atoms with van der Waals surface area (Å²) in [6, 6.07) is 8.34. The summed E-state index contributed by atoms with van der Waals surface area (Å²) < 4.78 is 42.6. The Morgan fingerprint density at radius 2 is 1.58 bits per heavy atom. The van der Waals surface area contributed by atoms with Crippen LogP contribution in [-0.4, -0.2) is 0 Å². The maximum absolute atomic E-state index is 14.6. The van der Waals surface area contributed by atoms with Crippen molar-refractivity contribution in [2.45, 2.75) is 64.2 Å². The molecule has 0 N–H and O–H groups in total. The molecule has 0 amide bonds. The first-order valence-corrected chi connectivity index (χ1v) is 9.83. The molecule has 0 nitrogen and oxygen atoms in total. The van der Waals surface area contributed by atoms with Crippen LogP contribution >= 0.6 is 0 Å². The summed E-state index contributed by atoms with van der Waals surface area (Å²) in [6.45, 7) is 2.22. The summed E-state index contributed by atoms with van der Waals surface area (Å²) in [5.74, 6) is -0.708. The van der Waals surface area contributed by atoms with E-state index in [1.165, 1.54) is 62.1 Å². The number of benzene rings is 2. The lowest BCUT2D eigenvalue weighted by Crippen LogP contribution is -2.14. The zero-order chi connectivity index (χ0) is 18.5. The van der Waals surface area contributed by atoms with Crippen LogP contribution in [0, 0.1) is 23.4 Å². The van der Waals surface area contributed by atoms with Gasteiger partial charge in [0.15, 0.2) is 0 Å². The number of hydrogen-bond acceptors (Lipinski definition) is 0. The van der Waals surface area contributed by atoms with Crippen molar-refractivity contribution in [3.05, 3.63) is 59.4 Å². The summed E-state index contributed by atoms with van der Waals surface area (Å²) in [5, 5.41) is 0. The quantitative estimate of drug-likeness (QED) is 0.465. The molecule has 3 rings (SSSR count). The average Bonchev–Trinajstić information content (AvgIpc) is 2.62. The second-order valence-corrected chi connectivity index (χ2v) is 7.58. The van der Waals surface area contributed by atoms with Crippen LogP contribution in [0.2, 0.25) is 0 Å². The molecular formula is C23H27F3. The van der Waals surface area contributed by atoms with Gasteiger partial charge in [0, 0.05) is 0 Å². The summed E-state index contributed by atoms with van der Waals surface area (Å²) in [4.78, 5) is 0. The number of halogens is 3. The lowest BCUT2D eigenvalue weighted by molar-refractivity contribution is 0.302. The molecule has 0 heterocycles. The Kier molecular flexibility index (Phi) is 6.39. The van der Waals surface area contributed by atoms with Crippen LogP contribution in [0.1, 0.15) is 69.8 Å². The van der Waals surface area contributed by atoms with Crippen LogP contribution < -0.4 is 0 Å². The second kappa shape index (κ2) is 8.75. The van der Waals surface area contributed by atoms with Crippen molar-refractivity contribution < 1.29 is 13.2 Å². The molecule has 2 aromatic rings. The minimum absolute atomic E-state index is 0.137. The standard InChI is InChI=1S/C23H27F3/c1-2-3-4-6-16-9-11-17(12-10-16)19-14-21(25)23(22(26)15-19)18-7-5-8-20(24)13-18/h5,7-8,13-17H,2-4,6,9-12H2,1H3. The van der Waals surface area contributed by atoms with Crippen LogP contribution in [0.15, 0.2) is 36.4 Å². The maximum atomic E-state index is 14.6. The Morgan fingerprint density at radius 1 is 0.885 bits per heavy atom. The molecule has 1 aliphatic rings. The third-order valence-corrected chi connectivity index (χ3v) is 5.71. The summed E-state index contributed by atoms with van der Waals surface area (Å²) in [7, 11) is 0. The van der Waals surface area contributed by atoms with Crippen LogP contribution in [0.25, 0.3) is 11.1 Å². The first kappa shape index (κ1) is 19.0. The number of unbranched alkanes of at least 4 members (excludes halogenated alkanes) is 2. The van der Waals surface area contributed by atoms with Crippen LogP contribution in [0.5, 0.6) is 0 Å². The minimum Gasteiger partial charge on any atom is -0.207 e. The van der Waals surface area contributed by atoms with E-state index in [4.69, 9.17) is 0 Å². The molecule has 0 atom stereocenters. The fourth-order valence-electron chi connectivity index (χ4n) is 4.22. The highest BCUT2D eigenvalue weighted by Gasteiger charge is 2.24. The van der Waals surface area contributed by atoms with E-state index in [9.17, 15) is 13.2 Å². The van der Waals surface area contributed by atoms with Crippen molar-refractivity contribution in [2.75, 3.05) is 0 Å². The van der Waals surface area contributed by atoms with Gasteiger partial charge >= 0.3 is 0 Å². The predicted molar refractivity (Wildman–Crippen MR) is 101 cm³/mol. The fraction of sp³-hybridized carbons (Fsp3) is 0.478. The van der Waals surface area contributed by atoms with Crippen molar-refractivity contribution in [2.24, 2.45) is 5.92 Å². The molecule has 0 bridgehead atoms. The van der Waals surface area contributed by atoms with Crippen molar-refractivity contribution in [3.63, 3.8) is 0 Å². The molecule has 3 heteroatoms. The van der Waals surface area contributed by atoms with Crippen molar-refractivity contribution in [1.29, 1.82) is 0 Å². The first-order chi connectivity index (χ1) is 12.6. The second-order valence-electron chi connectivity index (χ2n) is 7.58. The highest BCUT2D eigenvalue weighted by molar-refractivity contribution is 5.65. The van der Waals surface area contributed by atoms with Gasteiger partial charge in [0.2, 0.25) is 0 Å². The maximum Gasteiger partial charge on any atom is 0.134 e. The monoisotopic (exact) mass is 360 g/mol. The highest BCUT2D eigenvalue weighted by atomic mass is 19.1.